The van der Waals surface area contributed by atoms with Gasteiger partial charge in [-0.05, 0) is 35.6 Å². The molecule has 18 heavy (non-hydrogen) atoms. The molecule has 2 heterocycles. The van der Waals surface area contributed by atoms with Gasteiger partial charge < -0.3 is 16.2 Å². The van der Waals surface area contributed by atoms with E-state index in [2.05, 4.69) is 14.7 Å². The van der Waals surface area contributed by atoms with Gasteiger partial charge in [0, 0.05) is 18.4 Å². The number of aromatic nitrogens is 2. The fourth-order valence-corrected chi connectivity index (χ4v) is 2.47. The fraction of sp³-hybridized carbons (Fsp3) is 0.333. The average molecular weight is 264 g/mol. The van der Waals surface area contributed by atoms with Crippen LogP contribution in [0.2, 0.25) is 0 Å². The van der Waals surface area contributed by atoms with Gasteiger partial charge in [-0.25, -0.2) is 0 Å². The van der Waals surface area contributed by atoms with Crippen molar-refractivity contribution in [2.75, 3.05) is 17.7 Å². The largest absolute Gasteiger partial charge is 0.394 e. The number of nitrogens with one attached hydrogen (secondary N) is 1. The van der Waals surface area contributed by atoms with Gasteiger partial charge >= 0.3 is 0 Å². The number of aliphatic hydroxyl groups excluding tert-OH is 1. The minimum atomic E-state index is 0.0189. The average Bonchev–Trinajstić information content (AvgIpc) is 2.78. The molecule has 0 spiro atoms. The van der Waals surface area contributed by atoms with Crippen molar-refractivity contribution in [3.8, 4) is 11.1 Å². The van der Waals surface area contributed by atoms with Crippen molar-refractivity contribution < 1.29 is 5.11 Å². The van der Waals surface area contributed by atoms with Crippen LogP contribution in [0.25, 0.3) is 11.1 Å². The first kappa shape index (κ1) is 12.8. The highest BCUT2D eigenvalue weighted by Gasteiger charge is 2.15. The van der Waals surface area contributed by atoms with E-state index in [1.807, 2.05) is 19.1 Å². The lowest BCUT2D eigenvalue weighted by Crippen LogP contribution is -2.22. The molecule has 0 amide bonds. The van der Waals surface area contributed by atoms with Gasteiger partial charge in [-0.1, -0.05) is 6.92 Å². The van der Waals surface area contributed by atoms with Gasteiger partial charge in [0.1, 0.15) is 10.8 Å². The Kier molecular flexibility index (Phi) is 4.11. The van der Waals surface area contributed by atoms with Gasteiger partial charge in [0.2, 0.25) is 0 Å². The minimum Gasteiger partial charge on any atom is -0.394 e. The Balaban J connectivity index is 2.33. The monoisotopic (exact) mass is 264 g/mol. The molecule has 5 nitrogen and oxygen atoms in total. The van der Waals surface area contributed by atoms with Crippen LogP contribution in [0.5, 0.6) is 0 Å². The molecule has 4 N–H and O–H groups in total. The summed E-state index contributed by atoms with van der Waals surface area (Å²) in [6.07, 6.45) is 4.28. The van der Waals surface area contributed by atoms with E-state index in [0.29, 0.717) is 5.82 Å². The first-order valence-corrected chi connectivity index (χ1v) is 6.56. The first-order valence-electron chi connectivity index (χ1n) is 5.79. The second kappa shape index (κ2) is 5.79. The van der Waals surface area contributed by atoms with Crippen LogP contribution in [0.3, 0.4) is 0 Å². The van der Waals surface area contributed by atoms with Crippen LogP contribution in [0.1, 0.15) is 13.3 Å². The van der Waals surface area contributed by atoms with Crippen molar-refractivity contribution in [3.05, 3.63) is 24.5 Å². The SMILES string of the molecule is CCC(CO)Nc1snc(N)c1-c1ccncc1. The molecule has 2 aromatic heterocycles. The number of nitrogens with two attached hydrogens (primary N) is 1. The lowest BCUT2D eigenvalue weighted by atomic mass is 10.1. The molecule has 1 unspecified atom stereocenters. The molecular formula is C12H16N4OS. The second-order valence-electron chi connectivity index (χ2n) is 3.94. The minimum absolute atomic E-state index is 0.0189. The number of rotatable bonds is 5. The maximum Gasteiger partial charge on any atom is 0.147 e. The predicted octanol–water partition coefficient (Wildman–Crippen LogP) is 1.97. The number of nitrogen functional groups attached to an aromatic ring is 1. The zero-order valence-corrected chi connectivity index (χ0v) is 10.9. The molecule has 96 valence electrons. The molecule has 2 rings (SSSR count). The van der Waals surface area contributed by atoms with E-state index in [0.717, 1.165) is 22.5 Å². The summed E-state index contributed by atoms with van der Waals surface area (Å²) in [6.45, 7) is 2.11. The Morgan fingerprint density at radius 1 is 1.44 bits per heavy atom. The molecule has 0 saturated heterocycles. The van der Waals surface area contributed by atoms with Crippen LogP contribution in [-0.4, -0.2) is 27.1 Å². The van der Waals surface area contributed by atoms with Crippen molar-refractivity contribution >= 4 is 22.4 Å². The normalized spacial score (nSPS) is 12.3. The zero-order chi connectivity index (χ0) is 13.0. The number of hydrogen-bond donors (Lipinski definition) is 3. The van der Waals surface area contributed by atoms with Gasteiger partial charge in [-0.2, -0.15) is 4.37 Å². The molecule has 0 radical (unpaired) electrons. The Morgan fingerprint density at radius 2 is 2.17 bits per heavy atom. The second-order valence-corrected chi connectivity index (χ2v) is 4.71. The third-order valence-electron chi connectivity index (χ3n) is 2.74. The highest BCUT2D eigenvalue weighted by atomic mass is 32.1. The molecule has 0 fully saturated rings. The molecule has 1 atom stereocenters. The van der Waals surface area contributed by atoms with Crippen LogP contribution in [0.15, 0.2) is 24.5 Å². The van der Waals surface area contributed by atoms with Crippen molar-refractivity contribution in [1.82, 2.24) is 9.36 Å². The number of pyridine rings is 1. The number of nitrogens with zero attached hydrogens (tertiary/aromatic N) is 2. The molecule has 0 bridgehead atoms. The fourth-order valence-electron chi connectivity index (χ4n) is 1.66. The van der Waals surface area contributed by atoms with Crippen LogP contribution >= 0.6 is 11.5 Å². The summed E-state index contributed by atoms with van der Waals surface area (Å²) in [5, 5.41) is 13.4. The van der Waals surface area contributed by atoms with E-state index in [4.69, 9.17) is 5.73 Å². The van der Waals surface area contributed by atoms with Gasteiger partial charge in [-0.3, -0.25) is 4.98 Å². The van der Waals surface area contributed by atoms with E-state index < -0.39 is 0 Å². The topological polar surface area (TPSA) is 84.1 Å². The lowest BCUT2D eigenvalue weighted by molar-refractivity contribution is 0.272. The smallest absolute Gasteiger partial charge is 0.147 e. The van der Waals surface area contributed by atoms with Crippen LogP contribution in [0, 0.1) is 0 Å². The number of hydrogen-bond acceptors (Lipinski definition) is 6. The molecule has 0 aliphatic heterocycles. The third kappa shape index (κ3) is 2.60. The summed E-state index contributed by atoms with van der Waals surface area (Å²) < 4.78 is 4.17. The van der Waals surface area contributed by atoms with Crippen LogP contribution in [0.4, 0.5) is 10.8 Å². The van der Waals surface area contributed by atoms with Crippen molar-refractivity contribution in [2.45, 2.75) is 19.4 Å². The summed E-state index contributed by atoms with van der Waals surface area (Å²) in [7, 11) is 0. The molecule has 0 saturated carbocycles. The van der Waals surface area contributed by atoms with Crippen molar-refractivity contribution in [2.24, 2.45) is 0 Å². The molecule has 6 heteroatoms. The van der Waals surface area contributed by atoms with Gasteiger partial charge in [0.25, 0.3) is 0 Å². The standard InChI is InChI=1S/C12H16N4OS/c1-2-9(7-17)15-12-10(11(13)16-18-12)8-3-5-14-6-4-8/h3-6,9,15,17H,2,7H2,1H3,(H2,13,16). The molecule has 0 aliphatic carbocycles. The molecular weight excluding hydrogens is 248 g/mol. The lowest BCUT2D eigenvalue weighted by Gasteiger charge is -2.15. The number of aliphatic hydroxyl groups is 1. The summed E-state index contributed by atoms with van der Waals surface area (Å²) in [6, 6.07) is 3.81. The Hall–Kier alpha value is -1.66. The van der Waals surface area contributed by atoms with Gasteiger partial charge in [0.05, 0.1) is 12.2 Å². The van der Waals surface area contributed by atoms with E-state index >= 15 is 0 Å². The van der Waals surface area contributed by atoms with Crippen LogP contribution < -0.4 is 11.1 Å². The van der Waals surface area contributed by atoms with Gasteiger partial charge in [0.15, 0.2) is 0 Å². The predicted molar refractivity (Wildman–Crippen MR) is 74.5 cm³/mol. The van der Waals surface area contributed by atoms with Crippen molar-refractivity contribution in [1.29, 1.82) is 0 Å². The molecule has 2 aromatic rings. The van der Waals surface area contributed by atoms with E-state index in [9.17, 15) is 5.11 Å². The molecule has 0 aliphatic rings. The highest BCUT2D eigenvalue weighted by molar-refractivity contribution is 7.11. The quantitative estimate of drug-likeness (QED) is 0.769. The van der Waals surface area contributed by atoms with Gasteiger partial charge in [-0.15, -0.1) is 0 Å². The summed E-state index contributed by atoms with van der Waals surface area (Å²) in [5.41, 5.74) is 7.77. The maximum atomic E-state index is 9.24. The summed E-state index contributed by atoms with van der Waals surface area (Å²) in [4.78, 5) is 3.99. The molecule has 0 aromatic carbocycles. The number of anilines is 2. The highest BCUT2D eigenvalue weighted by Crippen LogP contribution is 2.36. The maximum absolute atomic E-state index is 9.24. The summed E-state index contributed by atoms with van der Waals surface area (Å²) in [5.74, 6) is 0.501. The van der Waals surface area contributed by atoms with E-state index in [1.54, 1.807) is 12.4 Å². The van der Waals surface area contributed by atoms with E-state index in [-0.39, 0.29) is 12.6 Å². The Labute approximate surface area is 110 Å². The first-order chi connectivity index (χ1) is 8.76. The zero-order valence-electron chi connectivity index (χ0n) is 10.1. The van der Waals surface area contributed by atoms with Crippen LogP contribution in [-0.2, 0) is 0 Å². The van der Waals surface area contributed by atoms with E-state index in [1.165, 1.54) is 11.5 Å². The third-order valence-corrected chi connectivity index (χ3v) is 3.53. The summed E-state index contributed by atoms with van der Waals surface area (Å²) >= 11 is 1.31. The van der Waals surface area contributed by atoms with Crippen molar-refractivity contribution in [3.63, 3.8) is 0 Å². The Bertz CT molecular complexity index is 496. The Morgan fingerprint density at radius 3 is 2.78 bits per heavy atom.